The van der Waals surface area contributed by atoms with E-state index in [2.05, 4.69) is 10.3 Å². The van der Waals surface area contributed by atoms with Crippen molar-refractivity contribution in [2.24, 2.45) is 11.8 Å². The molecule has 1 fully saturated rings. The molecule has 1 amide bonds. The zero-order valence-electron chi connectivity index (χ0n) is 12.6. The van der Waals surface area contributed by atoms with Crippen LogP contribution in [0.15, 0.2) is 22.6 Å². The molecule has 1 N–H and O–H groups in total. The van der Waals surface area contributed by atoms with Gasteiger partial charge < -0.3 is 14.5 Å². The summed E-state index contributed by atoms with van der Waals surface area (Å²) in [5, 5.41) is 2.87. The lowest BCUT2D eigenvalue weighted by molar-refractivity contribution is -0.148. The number of hydrogen-bond donors (Lipinski definition) is 1. The monoisotopic (exact) mass is 302 g/mol. The molecule has 1 heterocycles. The second kappa shape index (κ2) is 5.79. The van der Waals surface area contributed by atoms with Gasteiger partial charge >= 0.3 is 5.97 Å². The van der Waals surface area contributed by atoms with Crippen LogP contribution in [0, 0.1) is 18.8 Å². The number of anilines is 1. The maximum absolute atomic E-state index is 12.4. The standard InChI is InChI=1S/C16H18N2O4/c1-9-17-13-8-10(6-7-14(13)22-9)18-15(19)11-4-3-5-12(11)16(20)21-2/h6-8,11-12H,3-5H2,1-2H3,(H,18,19)/t11-,12+/m1/s1. The zero-order valence-corrected chi connectivity index (χ0v) is 12.6. The van der Waals surface area contributed by atoms with Crippen molar-refractivity contribution >= 4 is 28.7 Å². The van der Waals surface area contributed by atoms with Crippen molar-refractivity contribution in [1.29, 1.82) is 0 Å². The van der Waals surface area contributed by atoms with Gasteiger partial charge in [-0.1, -0.05) is 6.42 Å². The fourth-order valence-electron chi connectivity index (χ4n) is 3.06. The number of rotatable bonds is 3. The molecule has 6 nitrogen and oxygen atoms in total. The number of benzene rings is 1. The summed E-state index contributed by atoms with van der Waals surface area (Å²) in [5.74, 6) is -0.544. The van der Waals surface area contributed by atoms with E-state index < -0.39 is 0 Å². The fraction of sp³-hybridized carbons (Fsp3) is 0.438. The van der Waals surface area contributed by atoms with Gasteiger partial charge in [0.1, 0.15) is 5.52 Å². The first-order chi connectivity index (χ1) is 10.6. The van der Waals surface area contributed by atoms with Crippen LogP contribution in [-0.4, -0.2) is 24.0 Å². The number of ether oxygens (including phenoxy) is 1. The molecule has 3 rings (SSSR count). The summed E-state index contributed by atoms with van der Waals surface area (Å²) in [5.41, 5.74) is 2.04. The summed E-state index contributed by atoms with van der Waals surface area (Å²) in [6.07, 6.45) is 2.27. The molecule has 1 aliphatic rings. The van der Waals surface area contributed by atoms with Crippen LogP contribution in [-0.2, 0) is 14.3 Å². The van der Waals surface area contributed by atoms with Gasteiger partial charge in [0.15, 0.2) is 11.5 Å². The van der Waals surface area contributed by atoms with Crippen LogP contribution >= 0.6 is 0 Å². The summed E-state index contributed by atoms with van der Waals surface area (Å²) in [6.45, 7) is 1.78. The number of nitrogens with zero attached hydrogens (tertiary/aromatic N) is 1. The zero-order chi connectivity index (χ0) is 15.7. The quantitative estimate of drug-likeness (QED) is 0.881. The van der Waals surface area contributed by atoms with Crippen LogP contribution in [0.1, 0.15) is 25.2 Å². The van der Waals surface area contributed by atoms with Crippen LogP contribution in [0.3, 0.4) is 0 Å². The smallest absolute Gasteiger partial charge is 0.309 e. The maximum Gasteiger partial charge on any atom is 0.309 e. The lowest BCUT2D eigenvalue weighted by atomic mass is 9.95. The number of aromatic nitrogens is 1. The summed E-state index contributed by atoms with van der Waals surface area (Å²) in [6, 6.07) is 5.32. The minimum Gasteiger partial charge on any atom is -0.469 e. The van der Waals surface area contributed by atoms with Crippen molar-refractivity contribution in [1.82, 2.24) is 4.98 Å². The molecule has 0 bridgehead atoms. The number of amides is 1. The number of esters is 1. The van der Waals surface area contributed by atoms with Gasteiger partial charge in [0, 0.05) is 12.6 Å². The molecule has 0 unspecified atom stereocenters. The molecule has 2 aromatic rings. The lowest BCUT2D eigenvalue weighted by Gasteiger charge is -2.17. The third-order valence-electron chi connectivity index (χ3n) is 4.12. The Labute approximate surface area is 127 Å². The first-order valence-corrected chi connectivity index (χ1v) is 7.34. The van der Waals surface area contributed by atoms with E-state index in [-0.39, 0.29) is 23.7 Å². The molecule has 6 heteroatoms. The number of fused-ring (bicyclic) bond motifs is 1. The van der Waals surface area contributed by atoms with E-state index in [1.807, 2.05) is 0 Å². The van der Waals surface area contributed by atoms with E-state index in [1.165, 1.54) is 7.11 Å². The fourth-order valence-corrected chi connectivity index (χ4v) is 3.06. The molecule has 1 aromatic heterocycles. The second-order valence-corrected chi connectivity index (χ2v) is 5.57. The van der Waals surface area contributed by atoms with Crippen molar-refractivity contribution in [2.45, 2.75) is 26.2 Å². The summed E-state index contributed by atoms with van der Waals surface area (Å²) in [7, 11) is 1.36. The van der Waals surface area contributed by atoms with Crippen LogP contribution < -0.4 is 5.32 Å². The highest BCUT2D eigenvalue weighted by Gasteiger charge is 2.38. The average molecular weight is 302 g/mol. The van der Waals surface area contributed by atoms with Gasteiger partial charge in [0.05, 0.1) is 18.9 Å². The number of aryl methyl sites for hydroxylation is 1. The maximum atomic E-state index is 12.4. The van der Waals surface area contributed by atoms with Crippen LogP contribution in [0.4, 0.5) is 5.69 Å². The predicted molar refractivity (Wildman–Crippen MR) is 80.2 cm³/mol. The Morgan fingerprint density at radius 1 is 1.32 bits per heavy atom. The van der Waals surface area contributed by atoms with Crippen molar-refractivity contribution in [2.75, 3.05) is 12.4 Å². The molecule has 1 aliphatic carbocycles. The minimum absolute atomic E-state index is 0.146. The van der Waals surface area contributed by atoms with Gasteiger partial charge in [0.2, 0.25) is 5.91 Å². The first kappa shape index (κ1) is 14.6. The lowest BCUT2D eigenvalue weighted by Crippen LogP contribution is -2.30. The van der Waals surface area contributed by atoms with Gasteiger partial charge in [-0.15, -0.1) is 0 Å². The molecule has 116 valence electrons. The molecular weight excluding hydrogens is 284 g/mol. The van der Waals surface area contributed by atoms with E-state index in [1.54, 1.807) is 25.1 Å². The SMILES string of the molecule is COC(=O)[C@H]1CCC[C@H]1C(=O)Nc1ccc2oc(C)nc2c1. The second-order valence-electron chi connectivity index (χ2n) is 5.57. The molecule has 1 saturated carbocycles. The summed E-state index contributed by atoms with van der Waals surface area (Å²) >= 11 is 0. The topological polar surface area (TPSA) is 81.4 Å². The van der Waals surface area contributed by atoms with Crippen LogP contribution in [0.25, 0.3) is 11.1 Å². The van der Waals surface area contributed by atoms with Crippen molar-refractivity contribution in [3.63, 3.8) is 0 Å². The van der Waals surface area contributed by atoms with Gasteiger partial charge in [-0.25, -0.2) is 4.98 Å². The highest BCUT2D eigenvalue weighted by molar-refractivity contribution is 5.96. The Morgan fingerprint density at radius 2 is 2.09 bits per heavy atom. The number of methoxy groups -OCH3 is 1. The third-order valence-corrected chi connectivity index (χ3v) is 4.12. The molecule has 22 heavy (non-hydrogen) atoms. The number of hydrogen-bond acceptors (Lipinski definition) is 5. The number of carbonyl (C=O) groups is 2. The molecule has 0 spiro atoms. The molecular formula is C16H18N2O4. The van der Waals surface area contributed by atoms with Gasteiger partial charge in [-0.2, -0.15) is 0 Å². The number of nitrogens with one attached hydrogen (secondary N) is 1. The van der Waals surface area contributed by atoms with Crippen molar-refractivity contribution < 1.29 is 18.7 Å². The highest BCUT2D eigenvalue weighted by Crippen LogP contribution is 2.33. The Hall–Kier alpha value is -2.37. The third kappa shape index (κ3) is 2.68. The van der Waals surface area contributed by atoms with Crippen LogP contribution in [0.2, 0.25) is 0 Å². The van der Waals surface area contributed by atoms with E-state index in [0.29, 0.717) is 35.5 Å². The summed E-state index contributed by atoms with van der Waals surface area (Å²) in [4.78, 5) is 28.4. The van der Waals surface area contributed by atoms with Gasteiger partial charge in [-0.05, 0) is 31.0 Å². The minimum atomic E-state index is -0.344. The molecule has 0 saturated heterocycles. The predicted octanol–water partition coefficient (Wildman–Crippen LogP) is 2.66. The number of carbonyl (C=O) groups excluding carboxylic acids is 2. The van der Waals surface area contributed by atoms with E-state index >= 15 is 0 Å². The largest absolute Gasteiger partial charge is 0.469 e. The van der Waals surface area contributed by atoms with Crippen molar-refractivity contribution in [3.8, 4) is 0 Å². The number of oxazole rings is 1. The normalized spacial score (nSPS) is 21.0. The van der Waals surface area contributed by atoms with E-state index in [4.69, 9.17) is 9.15 Å². The Kier molecular flexibility index (Phi) is 3.83. The Morgan fingerprint density at radius 3 is 2.86 bits per heavy atom. The first-order valence-electron chi connectivity index (χ1n) is 7.34. The Balaban J connectivity index is 1.76. The average Bonchev–Trinajstić information content (AvgIpc) is 3.11. The van der Waals surface area contributed by atoms with Crippen LogP contribution in [0.5, 0.6) is 0 Å². The molecule has 2 atom stereocenters. The van der Waals surface area contributed by atoms with Crippen molar-refractivity contribution in [3.05, 3.63) is 24.1 Å². The highest BCUT2D eigenvalue weighted by atomic mass is 16.5. The van der Waals surface area contributed by atoms with E-state index in [0.717, 1.165) is 6.42 Å². The molecule has 1 aromatic carbocycles. The summed E-state index contributed by atoms with van der Waals surface area (Å²) < 4.78 is 10.2. The molecule has 0 radical (unpaired) electrons. The van der Waals surface area contributed by atoms with E-state index in [9.17, 15) is 9.59 Å². The molecule has 0 aliphatic heterocycles. The Bertz CT molecular complexity index is 722. The van der Waals surface area contributed by atoms with Gasteiger partial charge in [-0.3, -0.25) is 9.59 Å². The van der Waals surface area contributed by atoms with Gasteiger partial charge in [0.25, 0.3) is 0 Å².